The Hall–Kier alpha value is -2.76. The average molecular weight is 319 g/mol. The van der Waals surface area contributed by atoms with E-state index in [1.54, 1.807) is 0 Å². The molecule has 120 valence electrons. The van der Waals surface area contributed by atoms with Crippen LogP contribution >= 0.6 is 0 Å². The second-order valence-corrected chi connectivity index (χ2v) is 5.02. The number of rotatable bonds is 6. The summed E-state index contributed by atoms with van der Waals surface area (Å²) < 4.78 is 26.0. The normalized spacial score (nSPS) is 11.7. The van der Waals surface area contributed by atoms with E-state index in [4.69, 9.17) is 0 Å². The molecule has 2 aromatic rings. The quantitative estimate of drug-likeness (QED) is 0.860. The number of halogens is 2. The summed E-state index contributed by atoms with van der Waals surface area (Å²) in [6.07, 6.45) is 0.657. The topological polar surface area (TPSA) is 66.4 Å². The lowest BCUT2D eigenvalue weighted by Crippen LogP contribution is -2.41. The number of carboxylic acids is 1. The molecule has 0 aliphatic heterocycles. The highest BCUT2D eigenvalue weighted by atomic mass is 19.2. The van der Waals surface area contributed by atoms with E-state index in [0.29, 0.717) is 6.42 Å². The summed E-state index contributed by atoms with van der Waals surface area (Å²) in [7, 11) is 0. The Morgan fingerprint density at radius 3 is 2.35 bits per heavy atom. The summed E-state index contributed by atoms with van der Waals surface area (Å²) in [5.74, 6) is -4.17. The molecule has 0 bridgehead atoms. The van der Waals surface area contributed by atoms with Crippen LogP contribution in [0.15, 0.2) is 48.5 Å². The van der Waals surface area contributed by atoms with E-state index < -0.39 is 29.6 Å². The minimum Gasteiger partial charge on any atom is -0.480 e. The van der Waals surface area contributed by atoms with E-state index in [9.17, 15) is 23.5 Å². The first-order chi connectivity index (χ1) is 11.0. The molecule has 0 unspecified atom stereocenters. The molecule has 0 aromatic heterocycles. The van der Waals surface area contributed by atoms with Gasteiger partial charge in [-0.1, -0.05) is 30.3 Å². The Bertz CT molecular complexity index is 704. The van der Waals surface area contributed by atoms with E-state index >= 15 is 0 Å². The number of carbonyl (C=O) groups excluding carboxylic acids is 1. The molecule has 6 heteroatoms. The zero-order valence-electron chi connectivity index (χ0n) is 12.1. The highest BCUT2D eigenvalue weighted by molar-refractivity contribution is 5.96. The molecule has 0 radical (unpaired) electrons. The maximum absolute atomic E-state index is 13.1. The van der Waals surface area contributed by atoms with Gasteiger partial charge < -0.3 is 10.4 Å². The number of aliphatic carboxylic acids is 1. The van der Waals surface area contributed by atoms with Gasteiger partial charge in [-0.15, -0.1) is 0 Å². The molecule has 1 amide bonds. The van der Waals surface area contributed by atoms with Crippen LogP contribution in [0.25, 0.3) is 0 Å². The van der Waals surface area contributed by atoms with E-state index in [1.165, 1.54) is 0 Å². The molecule has 0 aliphatic rings. The van der Waals surface area contributed by atoms with Gasteiger partial charge in [0, 0.05) is 5.56 Å². The second-order valence-electron chi connectivity index (χ2n) is 5.02. The van der Waals surface area contributed by atoms with Gasteiger partial charge in [0.25, 0.3) is 5.91 Å². The molecular formula is C17H15F2NO3. The van der Waals surface area contributed by atoms with Gasteiger partial charge in [0.05, 0.1) is 0 Å². The third-order valence-corrected chi connectivity index (χ3v) is 3.35. The van der Waals surface area contributed by atoms with Crippen LogP contribution < -0.4 is 5.32 Å². The van der Waals surface area contributed by atoms with Crippen LogP contribution in [-0.2, 0) is 11.2 Å². The van der Waals surface area contributed by atoms with Crippen molar-refractivity contribution in [3.8, 4) is 0 Å². The van der Waals surface area contributed by atoms with E-state index in [0.717, 1.165) is 23.8 Å². The maximum Gasteiger partial charge on any atom is 0.326 e. The highest BCUT2D eigenvalue weighted by Gasteiger charge is 2.21. The first kappa shape index (κ1) is 16.6. The molecule has 0 aliphatic carbocycles. The van der Waals surface area contributed by atoms with Crippen LogP contribution in [0.3, 0.4) is 0 Å². The largest absolute Gasteiger partial charge is 0.480 e. The molecule has 0 spiro atoms. The van der Waals surface area contributed by atoms with Gasteiger partial charge in [0.2, 0.25) is 0 Å². The van der Waals surface area contributed by atoms with Crippen molar-refractivity contribution in [1.29, 1.82) is 0 Å². The van der Waals surface area contributed by atoms with Crippen LogP contribution in [-0.4, -0.2) is 23.0 Å². The fourth-order valence-electron chi connectivity index (χ4n) is 2.09. The Kier molecular flexibility index (Phi) is 5.41. The fraction of sp³-hybridized carbons (Fsp3) is 0.176. The molecule has 0 saturated heterocycles. The van der Waals surface area contributed by atoms with Crippen molar-refractivity contribution >= 4 is 11.9 Å². The van der Waals surface area contributed by atoms with Crippen LogP contribution in [0.2, 0.25) is 0 Å². The number of aryl methyl sites for hydroxylation is 1. The molecule has 2 N–H and O–H groups in total. The van der Waals surface area contributed by atoms with Crippen molar-refractivity contribution in [3.05, 3.63) is 71.3 Å². The van der Waals surface area contributed by atoms with Gasteiger partial charge in [-0.2, -0.15) is 0 Å². The van der Waals surface area contributed by atoms with Crippen molar-refractivity contribution in [1.82, 2.24) is 5.32 Å². The number of hydrogen-bond donors (Lipinski definition) is 2. The summed E-state index contributed by atoms with van der Waals surface area (Å²) in [6.45, 7) is 0. The predicted octanol–water partition coefficient (Wildman–Crippen LogP) is 2.78. The Morgan fingerprint density at radius 2 is 1.74 bits per heavy atom. The predicted molar refractivity (Wildman–Crippen MR) is 80.0 cm³/mol. The summed E-state index contributed by atoms with van der Waals surface area (Å²) in [4.78, 5) is 23.2. The highest BCUT2D eigenvalue weighted by Crippen LogP contribution is 2.10. The lowest BCUT2D eigenvalue weighted by molar-refractivity contribution is -0.139. The van der Waals surface area contributed by atoms with Gasteiger partial charge in [-0.25, -0.2) is 13.6 Å². The van der Waals surface area contributed by atoms with Crippen LogP contribution in [0, 0.1) is 11.6 Å². The zero-order valence-corrected chi connectivity index (χ0v) is 12.1. The van der Waals surface area contributed by atoms with Crippen LogP contribution in [0.4, 0.5) is 8.78 Å². The average Bonchev–Trinajstić information content (AvgIpc) is 2.54. The minimum atomic E-state index is -1.18. The van der Waals surface area contributed by atoms with Crippen molar-refractivity contribution < 1.29 is 23.5 Å². The molecule has 23 heavy (non-hydrogen) atoms. The number of carboxylic acid groups (broad SMARTS) is 1. The van der Waals surface area contributed by atoms with Gasteiger partial charge in [0.1, 0.15) is 6.04 Å². The van der Waals surface area contributed by atoms with Crippen molar-refractivity contribution in [2.75, 3.05) is 0 Å². The summed E-state index contributed by atoms with van der Waals surface area (Å²) >= 11 is 0. The van der Waals surface area contributed by atoms with Crippen LogP contribution in [0.5, 0.6) is 0 Å². The number of hydrogen-bond acceptors (Lipinski definition) is 2. The molecule has 1 atom stereocenters. The fourth-order valence-corrected chi connectivity index (χ4v) is 2.09. The number of amides is 1. The number of nitrogens with one attached hydrogen (secondary N) is 1. The third kappa shape index (κ3) is 4.60. The zero-order chi connectivity index (χ0) is 16.8. The van der Waals surface area contributed by atoms with Gasteiger partial charge in [0.15, 0.2) is 11.6 Å². The molecule has 0 heterocycles. The third-order valence-electron chi connectivity index (χ3n) is 3.35. The van der Waals surface area contributed by atoms with Crippen molar-refractivity contribution in [3.63, 3.8) is 0 Å². The van der Waals surface area contributed by atoms with E-state index in [1.807, 2.05) is 30.3 Å². The SMILES string of the molecule is O=C(N[C@H](CCc1ccccc1)C(=O)O)c1ccc(F)c(F)c1. The Labute approximate surface area is 131 Å². The molecule has 0 saturated carbocycles. The molecule has 0 fully saturated rings. The maximum atomic E-state index is 13.1. The van der Waals surface area contributed by atoms with Crippen LogP contribution in [0.1, 0.15) is 22.3 Å². The smallest absolute Gasteiger partial charge is 0.326 e. The van der Waals surface area contributed by atoms with E-state index in [2.05, 4.69) is 5.32 Å². The summed E-state index contributed by atoms with van der Waals surface area (Å²) in [5.41, 5.74) is 0.815. The molecule has 2 rings (SSSR count). The minimum absolute atomic E-state index is 0.130. The standard InChI is InChI=1S/C17H15F2NO3/c18-13-8-7-12(10-14(13)19)16(21)20-15(17(22)23)9-6-11-4-2-1-3-5-11/h1-5,7-8,10,15H,6,9H2,(H,20,21)(H,22,23)/t15-/m1/s1. The first-order valence-electron chi connectivity index (χ1n) is 7.00. The molecule has 2 aromatic carbocycles. The number of benzene rings is 2. The van der Waals surface area contributed by atoms with Gasteiger partial charge >= 0.3 is 5.97 Å². The van der Waals surface area contributed by atoms with Gasteiger partial charge in [-0.05, 0) is 36.6 Å². The Morgan fingerprint density at radius 1 is 1.04 bits per heavy atom. The summed E-state index contributed by atoms with van der Waals surface area (Å²) in [5, 5.41) is 11.5. The first-order valence-corrected chi connectivity index (χ1v) is 7.00. The van der Waals surface area contributed by atoms with Crippen molar-refractivity contribution in [2.45, 2.75) is 18.9 Å². The Balaban J connectivity index is 2.02. The lowest BCUT2D eigenvalue weighted by Gasteiger charge is -2.14. The van der Waals surface area contributed by atoms with Gasteiger partial charge in [-0.3, -0.25) is 4.79 Å². The van der Waals surface area contributed by atoms with Crippen molar-refractivity contribution in [2.24, 2.45) is 0 Å². The van der Waals surface area contributed by atoms with E-state index in [-0.39, 0.29) is 12.0 Å². The second kappa shape index (κ2) is 7.49. The monoisotopic (exact) mass is 319 g/mol. The number of carbonyl (C=O) groups is 2. The summed E-state index contributed by atoms with van der Waals surface area (Å²) in [6, 6.07) is 10.8. The molecular weight excluding hydrogens is 304 g/mol. The molecule has 4 nitrogen and oxygen atoms in total. The lowest BCUT2D eigenvalue weighted by atomic mass is 10.0.